The lowest BCUT2D eigenvalue weighted by Gasteiger charge is -2.20. The van der Waals surface area contributed by atoms with Gasteiger partial charge in [0, 0.05) is 11.7 Å². The van der Waals surface area contributed by atoms with Crippen molar-refractivity contribution in [3.05, 3.63) is 29.8 Å². The third-order valence-corrected chi connectivity index (χ3v) is 3.35. The van der Waals surface area contributed by atoms with Crippen molar-refractivity contribution >= 4 is 11.6 Å². The molecule has 20 heavy (non-hydrogen) atoms. The fourth-order valence-corrected chi connectivity index (χ4v) is 1.94. The zero-order valence-corrected chi connectivity index (χ0v) is 12.4. The summed E-state index contributed by atoms with van der Waals surface area (Å²) in [5.41, 5.74) is 1.87. The predicted molar refractivity (Wildman–Crippen MR) is 81.4 cm³/mol. The Balaban J connectivity index is 2.54. The normalized spacial score (nSPS) is 11.8. The fraction of sp³-hybridized carbons (Fsp3) is 0.500. The van der Waals surface area contributed by atoms with Crippen molar-refractivity contribution in [1.82, 2.24) is 5.32 Å². The van der Waals surface area contributed by atoms with Gasteiger partial charge in [0.25, 0.3) is 0 Å². The molecule has 1 amide bonds. The molecule has 0 bridgehead atoms. The maximum atomic E-state index is 12.0. The van der Waals surface area contributed by atoms with Crippen molar-refractivity contribution in [2.24, 2.45) is 0 Å². The summed E-state index contributed by atoms with van der Waals surface area (Å²) in [4.78, 5) is 12.0. The molecule has 1 atom stereocenters. The third-order valence-electron chi connectivity index (χ3n) is 3.35. The van der Waals surface area contributed by atoms with E-state index < -0.39 is 0 Å². The number of benzene rings is 1. The molecule has 0 fully saturated rings. The molecule has 0 spiro atoms. The number of nitrogens with one attached hydrogen (secondary N) is 2. The van der Waals surface area contributed by atoms with Crippen LogP contribution in [0.5, 0.6) is 0 Å². The molecular weight excluding hydrogens is 250 g/mol. The van der Waals surface area contributed by atoms with E-state index in [2.05, 4.69) is 30.6 Å². The first-order valence-corrected chi connectivity index (χ1v) is 7.13. The predicted octanol–water partition coefficient (Wildman–Crippen LogP) is 2.86. The number of nitriles is 1. The molecule has 0 aliphatic rings. The molecule has 0 heterocycles. The molecule has 0 saturated heterocycles. The van der Waals surface area contributed by atoms with Crippen LogP contribution in [0.1, 0.15) is 39.2 Å². The Hall–Kier alpha value is -2.02. The Labute approximate surface area is 121 Å². The van der Waals surface area contributed by atoms with Crippen molar-refractivity contribution in [1.29, 1.82) is 5.26 Å². The average molecular weight is 273 g/mol. The van der Waals surface area contributed by atoms with Gasteiger partial charge in [0.15, 0.2) is 0 Å². The van der Waals surface area contributed by atoms with Crippen LogP contribution in [0.3, 0.4) is 0 Å². The molecule has 4 heteroatoms. The second-order valence-corrected chi connectivity index (χ2v) is 4.92. The van der Waals surface area contributed by atoms with Crippen molar-refractivity contribution < 1.29 is 4.79 Å². The second kappa shape index (κ2) is 8.21. The van der Waals surface area contributed by atoms with Crippen LogP contribution < -0.4 is 10.6 Å². The number of hydrogen-bond acceptors (Lipinski definition) is 3. The van der Waals surface area contributed by atoms with Gasteiger partial charge in [0.05, 0.1) is 12.5 Å². The fourth-order valence-electron chi connectivity index (χ4n) is 1.94. The Bertz CT molecular complexity index is 458. The maximum absolute atomic E-state index is 12.0. The lowest BCUT2D eigenvalue weighted by molar-refractivity contribution is -0.122. The summed E-state index contributed by atoms with van der Waals surface area (Å²) < 4.78 is 0. The Kier molecular flexibility index (Phi) is 6.58. The first-order valence-electron chi connectivity index (χ1n) is 7.13. The van der Waals surface area contributed by atoms with Gasteiger partial charge in [-0.2, -0.15) is 5.26 Å². The van der Waals surface area contributed by atoms with Gasteiger partial charge in [-0.15, -0.1) is 0 Å². The van der Waals surface area contributed by atoms with E-state index in [0.717, 1.165) is 24.1 Å². The monoisotopic (exact) mass is 273 g/mol. The summed E-state index contributed by atoms with van der Waals surface area (Å²) in [5, 5.41) is 14.8. The molecule has 2 N–H and O–H groups in total. The minimum Gasteiger partial charge on any atom is -0.374 e. The summed E-state index contributed by atoms with van der Waals surface area (Å²) in [6, 6.07) is 9.67. The zero-order chi connectivity index (χ0) is 15.0. The van der Waals surface area contributed by atoms with Crippen LogP contribution in [0.4, 0.5) is 5.69 Å². The van der Waals surface area contributed by atoms with Crippen LogP contribution in [0.25, 0.3) is 0 Å². The van der Waals surface area contributed by atoms with E-state index in [1.54, 1.807) is 0 Å². The first kappa shape index (κ1) is 16.0. The lowest BCUT2D eigenvalue weighted by atomic mass is 10.1. The lowest BCUT2D eigenvalue weighted by Crippen LogP contribution is -2.42. The van der Waals surface area contributed by atoms with Crippen molar-refractivity contribution in [2.45, 2.75) is 52.1 Å². The Morgan fingerprint density at radius 2 is 1.85 bits per heavy atom. The van der Waals surface area contributed by atoms with E-state index in [-0.39, 0.29) is 18.0 Å². The molecule has 1 unspecified atom stereocenters. The third kappa shape index (κ3) is 4.93. The minimum atomic E-state index is -0.280. The summed E-state index contributed by atoms with van der Waals surface area (Å²) in [6.07, 6.45) is 2.29. The highest BCUT2D eigenvalue weighted by Gasteiger charge is 2.15. The summed E-state index contributed by atoms with van der Waals surface area (Å²) >= 11 is 0. The Morgan fingerprint density at radius 1 is 1.25 bits per heavy atom. The van der Waals surface area contributed by atoms with Gasteiger partial charge in [-0.25, -0.2) is 0 Å². The van der Waals surface area contributed by atoms with Crippen molar-refractivity contribution in [2.75, 3.05) is 5.32 Å². The van der Waals surface area contributed by atoms with Gasteiger partial charge in [-0.05, 0) is 37.5 Å². The molecule has 0 saturated carbocycles. The maximum Gasteiger partial charge on any atom is 0.242 e. The molecular formula is C16H23N3O. The second-order valence-electron chi connectivity index (χ2n) is 4.92. The first-order chi connectivity index (χ1) is 9.60. The number of anilines is 1. The largest absolute Gasteiger partial charge is 0.374 e. The SMILES string of the molecule is CCC(CC)NC(=O)C(C)Nc1ccc(CC#N)cc1. The molecule has 1 aromatic rings. The van der Waals surface area contributed by atoms with Gasteiger partial charge in [0.1, 0.15) is 6.04 Å². The quantitative estimate of drug-likeness (QED) is 0.803. The van der Waals surface area contributed by atoms with Crippen LogP contribution >= 0.6 is 0 Å². The van der Waals surface area contributed by atoms with Crippen molar-refractivity contribution in [3.63, 3.8) is 0 Å². The number of hydrogen-bond donors (Lipinski definition) is 2. The van der Waals surface area contributed by atoms with E-state index >= 15 is 0 Å². The van der Waals surface area contributed by atoms with Crippen LogP contribution in [-0.4, -0.2) is 18.0 Å². The van der Waals surface area contributed by atoms with Crippen molar-refractivity contribution in [3.8, 4) is 6.07 Å². The number of nitrogens with zero attached hydrogens (tertiary/aromatic N) is 1. The van der Waals surface area contributed by atoms with E-state index in [9.17, 15) is 4.79 Å². The summed E-state index contributed by atoms with van der Waals surface area (Å²) in [5.74, 6) is 0.0137. The van der Waals surface area contributed by atoms with Gasteiger partial charge in [0.2, 0.25) is 5.91 Å². The van der Waals surface area contributed by atoms with E-state index in [1.807, 2.05) is 31.2 Å². The number of amides is 1. The molecule has 0 aromatic heterocycles. The van der Waals surface area contributed by atoms with Gasteiger partial charge < -0.3 is 10.6 Å². The van der Waals surface area contributed by atoms with Gasteiger partial charge in [-0.3, -0.25) is 4.79 Å². The van der Waals surface area contributed by atoms with Crippen LogP contribution in [0, 0.1) is 11.3 Å². The van der Waals surface area contributed by atoms with Crippen LogP contribution in [-0.2, 0) is 11.2 Å². The smallest absolute Gasteiger partial charge is 0.242 e. The molecule has 4 nitrogen and oxygen atoms in total. The molecule has 108 valence electrons. The Morgan fingerprint density at radius 3 is 2.35 bits per heavy atom. The topological polar surface area (TPSA) is 64.9 Å². The van der Waals surface area contributed by atoms with E-state index in [4.69, 9.17) is 5.26 Å². The highest BCUT2D eigenvalue weighted by Crippen LogP contribution is 2.11. The van der Waals surface area contributed by atoms with Gasteiger partial charge in [-0.1, -0.05) is 26.0 Å². The zero-order valence-electron chi connectivity index (χ0n) is 12.4. The molecule has 1 rings (SSSR count). The summed E-state index contributed by atoms with van der Waals surface area (Å²) in [7, 11) is 0. The van der Waals surface area contributed by atoms with Gasteiger partial charge >= 0.3 is 0 Å². The minimum absolute atomic E-state index is 0.0137. The standard InChI is InChI=1S/C16H23N3O/c1-4-14(5-2)19-16(20)12(3)18-15-8-6-13(7-9-15)10-11-17/h6-9,12,14,18H,4-5,10H2,1-3H3,(H,19,20). The molecule has 1 aromatic carbocycles. The molecule has 0 aliphatic heterocycles. The average Bonchev–Trinajstić information content (AvgIpc) is 2.46. The molecule has 0 radical (unpaired) electrons. The number of rotatable bonds is 7. The highest BCUT2D eigenvalue weighted by molar-refractivity contribution is 5.84. The number of carbonyl (C=O) groups excluding carboxylic acids is 1. The number of carbonyl (C=O) groups is 1. The summed E-state index contributed by atoms with van der Waals surface area (Å²) in [6.45, 7) is 5.99. The van der Waals surface area contributed by atoms with Crippen LogP contribution in [0.2, 0.25) is 0 Å². The molecule has 0 aliphatic carbocycles. The van der Waals surface area contributed by atoms with E-state index in [0.29, 0.717) is 6.42 Å². The highest BCUT2D eigenvalue weighted by atomic mass is 16.2. The van der Waals surface area contributed by atoms with Crippen LogP contribution in [0.15, 0.2) is 24.3 Å². The van der Waals surface area contributed by atoms with E-state index in [1.165, 1.54) is 0 Å².